The lowest BCUT2D eigenvalue weighted by Crippen LogP contribution is -2.01. The predicted octanol–water partition coefficient (Wildman–Crippen LogP) is 3.59. The lowest BCUT2D eigenvalue weighted by molar-refractivity contribution is 0.959. The normalized spacial score (nSPS) is 11.2. The summed E-state index contributed by atoms with van der Waals surface area (Å²) in [6, 6.07) is 10.2. The number of benzene rings is 2. The van der Waals surface area contributed by atoms with E-state index in [0.717, 1.165) is 33.4 Å². The number of hydrogen-bond donors (Lipinski definition) is 2. The Bertz CT molecular complexity index is 1070. The van der Waals surface area contributed by atoms with Gasteiger partial charge in [0, 0.05) is 17.3 Å². The number of H-pyrrole nitrogens is 1. The van der Waals surface area contributed by atoms with Crippen LogP contribution in [-0.4, -0.2) is 25.4 Å². The van der Waals surface area contributed by atoms with Gasteiger partial charge in [-0.15, -0.1) is 0 Å². The average Bonchev–Trinajstić information content (AvgIpc) is 3.01. The van der Waals surface area contributed by atoms with Gasteiger partial charge in [-0.25, -0.2) is 9.97 Å². The van der Waals surface area contributed by atoms with Gasteiger partial charge in [0.05, 0.1) is 5.69 Å². The van der Waals surface area contributed by atoms with Crippen molar-refractivity contribution in [2.24, 2.45) is 0 Å². The Kier molecular flexibility index (Phi) is 3.46. The summed E-state index contributed by atoms with van der Waals surface area (Å²) >= 11 is 0. The summed E-state index contributed by atoms with van der Waals surface area (Å²) in [5.74, 6) is 0.264. The molecule has 0 saturated carbocycles. The molecule has 0 amide bonds. The molecule has 3 N–H and O–H groups in total. The zero-order valence-electron chi connectivity index (χ0n) is 14.3. The molecule has 0 aliphatic rings. The fourth-order valence-corrected chi connectivity index (χ4v) is 3.36. The van der Waals surface area contributed by atoms with E-state index in [2.05, 4.69) is 58.3 Å². The molecule has 4 rings (SSSR count). The molecule has 0 radical (unpaired) electrons. The number of aromatic amines is 1. The molecule has 0 unspecified atom stereocenters. The van der Waals surface area contributed by atoms with Crippen LogP contribution in [0.2, 0.25) is 0 Å². The maximum absolute atomic E-state index is 5.90. The van der Waals surface area contributed by atoms with E-state index < -0.39 is 0 Å². The smallest absolute Gasteiger partial charge is 0.220 e. The molecule has 0 aliphatic carbocycles. The summed E-state index contributed by atoms with van der Waals surface area (Å²) in [7, 11) is 0. The summed E-state index contributed by atoms with van der Waals surface area (Å²) in [5, 5.41) is 10.9. The maximum atomic E-state index is 5.90. The number of nitrogens with zero attached hydrogens (tertiary/aromatic N) is 4. The summed E-state index contributed by atoms with van der Waals surface area (Å²) in [6.45, 7) is 6.29. The summed E-state index contributed by atoms with van der Waals surface area (Å²) in [6.07, 6.45) is 1.78. The third-order valence-corrected chi connectivity index (χ3v) is 4.35. The van der Waals surface area contributed by atoms with E-state index in [1.165, 1.54) is 16.7 Å². The highest BCUT2D eigenvalue weighted by Gasteiger charge is 2.16. The Labute approximate surface area is 145 Å². The van der Waals surface area contributed by atoms with Crippen LogP contribution in [-0.2, 0) is 0 Å². The molecule has 2 aromatic heterocycles. The van der Waals surface area contributed by atoms with Gasteiger partial charge in [0.1, 0.15) is 11.0 Å². The largest absolute Gasteiger partial charge is 0.368 e. The summed E-state index contributed by atoms with van der Waals surface area (Å²) in [4.78, 5) is 8.77. The van der Waals surface area contributed by atoms with Gasteiger partial charge >= 0.3 is 0 Å². The second-order valence-electron chi connectivity index (χ2n) is 6.29. The molecule has 4 aromatic rings. The maximum Gasteiger partial charge on any atom is 0.220 e. The molecule has 2 heterocycles. The minimum absolute atomic E-state index is 0.264. The van der Waals surface area contributed by atoms with Gasteiger partial charge in [-0.2, -0.15) is 15.4 Å². The molecular weight excluding hydrogens is 312 g/mol. The first-order chi connectivity index (χ1) is 12.0. The van der Waals surface area contributed by atoms with Gasteiger partial charge in [0.25, 0.3) is 0 Å². The fourth-order valence-electron chi connectivity index (χ4n) is 3.36. The number of aromatic nitrogens is 5. The lowest BCUT2D eigenvalue weighted by atomic mass is 9.93. The number of nitrogens with two attached hydrogens (primary N) is 1. The van der Waals surface area contributed by atoms with Gasteiger partial charge < -0.3 is 5.73 Å². The lowest BCUT2D eigenvalue weighted by Gasteiger charge is -2.15. The van der Waals surface area contributed by atoms with E-state index in [1.807, 2.05) is 18.2 Å². The van der Waals surface area contributed by atoms with Crippen LogP contribution < -0.4 is 5.73 Å². The van der Waals surface area contributed by atoms with E-state index in [1.54, 1.807) is 6.20 Å². The molecule has 2 aromatic carbocycles. The van der Waals surface area contributed by atoms with Gasteiger partial charge in [-0.3, -0.25) is 0 Å². The molecule has 124 valence electrons. The Morgan fingerprint density at radius 2 is 1.64 bits per heavy atom. The highest BCUT2D eigenvalue weighted by atomic mass is 15.3. The van der Waals surface area contributed by atoms with Crippen LogP contribution in [0.15, 0.2) is 36.5 Å². The molecule has 0 atom stereocenters. The highest BCUT2D eigenvalue weighted by Crippen LogP contribution is 2.35. The minimum Gasteiger partial charge on any atom is -0.368 e. The zero-order valence-corrected chi connectivity index (χ0v) is 14.3. The third kappa shape index (κ3) is 2.61. The first kappa shape index (κ1) is 15.3. The van der Waals surface area contributed by atoms with Crippen molar-refractivity contribution >= 4 is 17.0 Å². The van der Waals surface area contributed by atoms with E-state index in [4.69, 9.17) is 5.73 Å². The van der Waals surface area contributed by atoms with Crippen molar-refractivity contribution in [2.75, 3.05) is 5.73 Å². The molecule has 0 bridgehead atoms. The van der Waals surface area contributed by atoms with Crippen molar-refractivity contribution < 1.29 is 0 Å². The Balaban J connectivity index is 1.99. The standard InChI is InChI=1S/C19H18N6/c1-10-6-11(2)17(12(3)7-10)18-14(9-21-19(20)22-18)13-4-5-15-16(8-13)24-25-23-15/h4-9H,1-3H3,(H2,20,21,22)(H,23,24,25). The molecule has 0 fully saturated rings. The van der Waals surface area contributed by atoms with Crippen LogP contribution in [0.5, 0.6) is 0 Å². The molecule has 0 saturated heterocycles. The van der Waals surface area contributed by atoms with Gasteiger partial charge in [0.2, 0.25) is 5.95 Å². The first-order valence-electron chi connectivity index (χ1n) is 8.04. The van der Waals surface area contributed by atoms with Crippen LogP contribution in [0.1, 0.15) is 16.7 Å². The number of hydrogen-bond acceptors (Lipinski definition) is 5. The number of rotatable bonds is 2. The highest BCUT2D eigenvalue weighted by molar-refractivity contribution is 5.88. The average molecular weight is 330 g/mol. The molecule has 6 heteroatoms. The molecule has 0 aliphatic heterocycles. The zero-order chi connectivity index (χ0) is 17.6. The van der Waals surface area contributed by atoms with Crippen LogP contribution >= 0.6 is 0 Å². The Morgan fingerprint density at radius 1 is 0.920 bits per heavy atom. The SMILES string of the molecule is Cc1cc(C)c(-c2nc(N)ncc2-c2ccc3n[nH]nc3c2)c(C)c1. The minimum atomic E-state index is 0.264. The number of anilines is 1. The Morgan fingerprint density at radius 3 is 2.40 bits per heavy atom. The second kappa shape index (κ2) is 5.66. The number of nitrogen functional groups attached to an aromatic ring is 1. The van der Waals surface area contributed by atoms with Crippen LogP contribution in [0.4, 0.5) is 5.95 Å². The topological polar surface area (TPSA) is 93.4 Å². The van der Waals surface area contributed by atoms with Crippen molar-refractivity contribution in [2.45, 2.75) is 20.8 Å². The van der Waals surface area contributed by atoms with Gasteiger partial charge in [-0.1, -0.05) is 23.8 Å². The summed E-state index contributed by atoms with van der Waals surface area (Å²) < 4.78 is 0. The van der Waals surface area contributed by atoms with Crippen LogP contribution in [0.3, 0.4) is 0 Å². The molecular formula is C19H18N6. The van der Waals surface area contributed by atoms with Gasteiger partial charge in [-0.05, 0) is 49.6 Å². The van der Waals surface area contributed by atoms with E-state index in [9.17, 15) is 0 Å². The fraction of sp³-hybridized carbons (Fsp3) is 0.158. The van der Waals surface area contributed by atoms with Crippen molar-refractivity contribution in [3.63, 3.8) is 0 Å². The van der Waals surface area contributed by atoms with E-state index in [-0.39, 0.29) is 5.95 Å². The van der Waals surface area contributed by atoms with Gasteiger partial charge in [0.15, 0.2) is 0 Å². The van der Waals surface area contributed by atoms with E-state index in [0.29, 0.717) is 0 Å². The van der Waals surface area contributed by atoms with Crippen LogP contribution in [0.25, 0.3) is 33.4 Å². The third-order valence-electron chi connectivity index (χ3n) is 4.35. The molecule has 25 heavy (non-hydrogen) atoms. The molecule has 6 nitrogen and oxygen atoms in total. The monoisotopic (exact) mass is 330 g/mol. The molecule has 0 spiro atoms. The first-order valence-corrected chi connectivity index (χ1v) is 8.04. The van der Waals surface area contributed by atoms with Crippen molar-refractivity contribution in [3.8, 4) is 22.4 Å². The second-order valence-corrected chi connectivity index (χ2v) is 6.29. The van der Waals surface area contributed by atoms with Crippen molar-refractivity contribution in [1.29, 1.82) is 0 Å². The quantitative estimate of drug-likeness (QED) is 0.586. The van der Waals surface area contributed by atoms with Crippen LogP contribution in [0, 0.1) is 20.8 Å². The van der Waals surface area contributed by atoms with Crippen molar-refractivity contribution in [3.05, 3.63) is 53.2 Å². The van der Waals surface area contributed by atoms with Crippen molar-refractivity contribution in [1.82, 2.24) is 25.4 Å². The predicted molar refractivity (Wildman–Crippen MR) is 99.0 cm³/mol. The summed E-state index contributed by atoms with van der Waals surface area (Å²) in [5.41, 5.74) is 14.9. The Hall–Kier alpha value is -3.28. The number of aryl methyl sites for hydroxylation is 3. The van der Waals surface area contributed by atoms with E-state index >= 15 is 0 Å². The number of nitrogens with one attached hydrogen (secondary N) is 1. The number of fused-ring (bicyclic) bond motifs is 1.